The summed E-state index contributed by atoms with van der Waals surface area (Å²) in [4.78, 5) is 6.75. The van der Waals surface area contributed by atoms with Gasteiger partial charge < -0.3 is 0 Å². The van der Waals surface area contributed by atoms with Crippen molar-refractivity contribution >= 4 is 15.9 Å². The van der Waals surface area contributed by atoms with Gasteiger partial charge in [-0.3, -0.25) is 9.88 Å². The lowest BCUT2D eigenvalue weighted by Crippen LogP contribution is -2.22. The molecule has 0 atom stereocenters. The van der Waals surface area contributed by atoms with Gasteiger partial charge in [0.15, 0.2) is 0 Å². The van der Waals surface area contributed by atoms with Crippen LogP contribution in [-0.2, 0) is 13.1 Å². The minimum absolute atomic E-state index is 0.893. The molecule has 2 aromatic rings. The highest BCUT2D eigenvalue weighted by atomic mass is 79.9. The van der Waals surface area contributed by atoms with Crippen LogP contribution in [0.1, 0.15) is 18.2 Å². The maximum absolute atomic E-state index is 4.37. The van der Waals surface area contributed by atoms with Crippen molar-refractivity contribution in [1.82, 2.24) is 9.88 Å². The van der Waals surface area contributed by atoms with Crippen molar-refractivity contribution < 1.29 is 0 Å². The lowest BCUT2D eigenvalue weighted by molar-refractivity contribution is 0.268. The monoisotopic (exact) mass is 304 g/mol. The summed E-state index contributed by atoms with van der Waals surface area (Å²) >= 11 is 3.51. The molecule has 18 heavy (non-hydrogen) atoms. The first kappa shape index (κ1) is 13.2. The highest BCUT2D eigenvalue weighted by Gasteiger charge is 2.05. The van der Waals surface area contributed by atoms with Crippen LogP contribution in [0.3, 0.4) is 0 Å². The van der Waals surface area contributed by atoms with E-state index in [1.807, 2.05) is 18.3 Å². The van der Waals surface area contributed by atoms with Gasteiger partial charge in [-0.05, 0) is 36.4 Å². The van der Waals surface area contributed by atoms with E-state index < -0.39 is 0 Å². The third-order valence-electron chi connectivity index (χ3n) is 2.85. The fraction of sp³-hybridized carbons (Fsp3) is 0.267. The van der Waals surface area contributed by atoms with Crippen LogP contribution in [0, 0.1) is 0 Å². The summed E-state index contributed by atoms with van der Waals surface area (Å²) in [7, 11) is 0. The maximum atomic E-state index is 4.37. The Balaban J connectivity index is 2.01. The van der Waals surface area contributed by atoms with Gasteiger partial charge in [-0.2, -0.15) is 0 Å². The molecule has 0 saturated carbocycles. The van der Waals surface area contributed by atoms with Crippen molar-refractivity contribution in [2.24, 2.45) is 0 Å². The van der Waals surface area contributed by atoms with E-state index in [1.54, 1.807) is 0 Å². The molecule has 0 aliphatic carbocycles. The van der Waals surface area contributed by atoms with Gasteiger partial charge in [-0.15, -0.1) is 0 Å². The van der Waals surface area contributed by atoms with E-state index in [0.717, 1.165) is 29.8 Å². The summed E-state index contributed by atoms with van der Waals surface area (Å²) in [5.41, 5.74) is 2.44. The Labute approximate surface area is 117 Å². The van der Waals surface area contributed by atoms with Gasteiger partial charge in [0.25, 0.3) is 0 Å². The summed E-state index contributed by atoms with van der Waals surface area (Å²) in [6, 6.07) is 14.5. The Morgan fingerprint density at radius 1 is 1.11 bits per heavy atom. The summed E-state index contributed by atoms with van der Waals surface area (Å²) in [6.07, 6.45) is 1.85. The topological polar surface area (TPSA) is 16.1 Å². The van der Waals surface area contributed by atoms with Crippen molar-refractivity contribution in [2.75, 3.05) is 6.54 Å². The molecule has 1 aromatic heterocycles. The molecule has 0 radical (unpaired) electrons. The van der Waals surface area contributed by atoms with Gasteiger partial charge in [0.1, 0.15) is 0 Å². The number of hydrogen-bond donors (Lipinski definition) is 0. The molecule has 0 aliphatic heterocycles. The van der Waals surface area contributed by atoms with Crippen LogP contribution in [0.25, 0.3) is 0 Å². The molecule has 0 amide bonds. The Bertz CT molecular complexity index is 485. The van der Waals surface area contributed by atoms with Crippen molar-refractivity contribution in [1.29, 1.82) is 0 Å². The predicted molar refractivity (Wildman–Crippen MR) is 78.2 cm³/mol. The van der Waals surface area contributed by atoms with Crippen molar-refractivity contribution in [2.45, 2.75) is 20.0 Å². The molecule has 0 saturated heterocycles. The molecule has 0 aliphatic rings. The molecule has 1 aromatic carbocycles. The van der Waals surface area contributed by atoms with Crippen LogP contribution in [0.4, 0.5) is 0 Å². The first-order valence-corrected chi connectivity index (χ1v) is 6.94. The highest BCUT2D eigenvalue weighted by molar-refractivity contribution is 9.10. The number of aromatic nitrogens is 1. The van der Waals surface area contributed by atoms with Crippen LogP contribution < -0.4 is 0 Å². The van der Waals surface area contributed by atoms with Crippen LogP contribution in [-0.4, -0.2) is 16.4 Å². The molecule has 2 rings (SSSR count). The minimum Gasteiger partial charge on any atom is -0.294 e. The molecular formula is C15H17BrN2. The molecule has 0 fully saturated rings. The molecule has 3 heteroatoms. The lowest BCUT2D eigenvalue weighted by Gasteiger charge is -2.20. The Morgan fingerprint density at radius 3 is 2.67 bits per heavy atom. The normalized spacial score (nSPS) is 10.8. The van der Waals surface area contributed by atoms with E-state index in [1.165, 1.54) is 5.56 Å². The van der Waals surface area contributed by atoms with E-state index in [4.69, 9.17) is 0 Å². The van der Waals surface area contributed by atoms with Gasteiger partial charge in [-0.25, -0.2) is 0 Å². The zero-order chi connectivity index (χ0) is 12.8. The van der Waals surface area contributed by atoms with Crippen LogP contribution in [0.15, 0.2) is 53.1 Å². The largest absolute Gasteiger partial charge is 0.294 e. The molecule has 2 nitrogen and oxygen atoms in total. The number of nitrogens with zero attached hydrogens (tertiary/aromatic N) is 2. The Kier molecular flexibility index (Phi) is 4.90. The molecule has 1 heterocycles. The van der Waals surface area contributed by atoms with Crippen molar-refractivity contribution in [3.05, 3.63) is 64.4 Å². The SMILES string of the molecule is CCN(Cc1cccc(Br)c1)Cc1ccccn1. The molecule has 0 bridgehead atoms. The average molecular weight is 305 g/mol. The Morgan fingerprint density at radius 2 is 2.00 bits per heavy atom. The summed E-state index contributed by atoms with van der Waals surface area (Å²) in [5.74, 6) is 0. The molecule has 94 valence electrons. The smallest absolute Gasteiger partial charge is 0.0544 e. The van der Waals surface area contributed by atoms with E-state index in [0.29, 0.717) is 0 Å². The van der Waals surface area contributed by atoms with Crippen LogP contribution >= 0.6 is 15.9 Å². The highest BCUT2D eigenvalue weighted by Crippen LogP contribution is 2.14. The lowest BCUT2D eigenvalue weighted by atomic mass is 10.2. The van der Waals surface area contributed by atoms with E-state index >= 15 is 0 Å². The van der Waals surface area contributed by atoms with E-state index in [9.17, 15) is 0 Å². The second-order valence-corrected chi connectivity index (χ2v) is 5.17. The third kappa shape index (κ3) is 3.93. The van der Waals surface area contributed by atoms with Crippen LogP contribution in [0.2, 0.25) is 0 Å². The van der Waals surface area contributed by atoms with Crippen LogP contribution in [0.5, 0.6) is 0 Å². The second-order valence-electron chi connectivity index (χ2n) is 4.25. The van der Waals surface area contributed by atoms with Crippen molar-refractivity contribution in [3.63, 3.8) is 0 Å². The molecule has 0 N–H and O–H groups in total. The average Bonchev–Trinajstić information content (AvgIpc) is 2.39. The quantitative estimate of drug-likeness (QED) is 0.833. The van der Waals surface area contributed by atoms with Gasteiger partial charge in [0.2, 0.25) is 0 Å². The number of hydrogen-bond acceptors (Lipinski definition) is 2. The summed E-state index contributed by atoms with van der Waals surface area (Å²) in [5, 5.41) is 0. The van der Waals surface area contributed by atoms with E-state index in [2.05, 4.69) is 63.1 Å². The standard InChI is InChI=1S/C15H17BrN2/c1-2-18(12-15-8-3-4-9-17-15)11-13-6-5-7-14(16)10-13/h3-10H,2,11-12H2,1H3. The number of benzene rings is 1. The second kappa shape index (κ2) is 6.66. The zero-order valence-electron chi connectivity index (χ0n) is 10.5. The van der Waals surface area contributed by atoms with E-state index in [-0.39, 0.29) is 0 Å². The fourth-order valence-electron chi connectivity index (χ4n) is 1.89. The summed E-state index contributed by atoms with van der Waals surface area (Å²) < 4.78 is 1.13. The number of halogens is 1. The molecule has 0 unspecified atom stereocenters. The first-order chi connectivity index (χ1) is 8.78. The fourth-order valence-corrected chi connectivity index (χ4v) is 2.34. The number of pyridine rings is 1. The third-order valence-corrected chi connectivity index (χ3v) is 3.35. The van der Waals surface area contributed by atoms with Crippen molar-refractivity contribution in [3.8, 4) is 0 Å². The molecular weight excluding hydrogens is 288 g/mol. The Hall–Kier alpha value is -1.19. The predicted octanol–water partition coefficient (Wildman–Crippen LogP) is 3.87. The van der Waals surface area contributed by atoms with Gasteiger partial charge in [0, 0.05) is 23.8 Å². The molecule has 0 spiro atoms. The first-order valence-electron chi connectivity index (χ1n) is 6.14. The minimum atomic E-state index is 0.893. The van der Waals surface area contributed by atoms with Gasteiger partial charge in [0.05, 0.1) is 5.69 Å². The maximum Gasteiger partial charge on any atom is 0.0544 e. The van der Waals surface area contributed by atoms with Gasteiger partial charge in [-0.1, -0.05) is 41.1 Å². The number of rotatable bonds is 5. The van der Waals surface area contributed by atoms with Gasteiger partial charge >= 0.3 is 0 Å². The zero-order valence-corrected chi connectivity index (χ0v) is 12.1. The summed E-state index contributed by atoms with van der Waals surface area (Å²) in [6.45, 7) is 5.04.